The number of aliphatic hydroxyl groups is 1. The number of carbonyl (C=O) groups excluding carboxylic acids is 1. The van der Waals surface area contributed by atoms with Gasteiger partial charge < -0.3 is 19.9 Å². The van der Waals surface area contributed by atoms with E-state index in [4.69, 9.17) is 9.47 Å². The summed E-state index contributed by atoms with van der Waals surface area (Å²) in [6.45, 7) is 2.86. The van der Waals surface area contributed by atoms with Gasteiger partial charge in [-0.05, 0) is 68.2 Å². The summed E-state index contributed by atoms with van der Waals surface area (Å²) < 4.78 is 24.8. The summed E-state index contributed by atoms with van der Waals surface area (Å²) >= 11 is 0. The Hall–Kier alpha value is -1.92. The van der Waals surface area contributed by atoms with Crippen molar-refractivity contribution >= 4 is 5.91 Å². The van der Waals surface area contributed by atoms with E-state index in [0.29, 0.717) is 31.2 Å². The van der Waals surface area contributed by atoms with Crippen molar-refractivity contribution < 1.29 is 23.8 Å². The average Bonchev–Trinajstić information content (AvgIpc) is 2.65. The van der Waals surface area contributed by atoms with E-state index >= 15 is 0 Å². The third-order valence-electron chi connectivity index (χ3n) is 5.74. The molecule has 3 rings (SSSR count). The first-order valence-electron chi connectivity index (χ1n) is 10.3. The lowest BCUT2D eigenvalue weighted by Crippen LogP contribution is -2.43. The van der Waals surface area contributed by atoms with Crippen LogP contribution in [0.15, 0.2) is 36.1 Å². The molecule has 1 aromatic carbocycles. The number of amides is 1. The van der Waals surface area contributed by atoms with E-state index in [1.807, 2.05) is 13.0 Å². The summed E-state index contributed by atoms with van der Waals surface area (Å²) in [6, 6.07) is 6.05. The number of hydrogen-bond donors (Lipinski definition) is 2. The fourth-order valence-corrected chi connectivity index (χ4v) is 4.02. The normalized spacial score (nSPS) is 24.8. The second kappa shape index (κ2) is 10.0. The molecule has 1 aromatic rings. The highest BCUT2D eigenvalue weighted by atomic mass is 19.1. The Morgan fingerprint density at radius 3 is 2.68 bits per heavy atom. The van der Waals surface area contributed by atoms with Crippen LogP contribution in [0.2, 0.25) is 0 Å². The first-order valence-corrected chi connectivity index (χ1v) is 10.3. The van der Waals surface area contributed by atoms with Crippen molar-refractivity contribution in [2.45, 2.75) is 51.9 Å². The molecule has 28 heavy (non-hydrogen) atoms. The summed E-state index contributed by atoms with van der Waals surface area (Å²) in [4.78, 5) is 12.7. The second-order valence-electron chi connectivity index (χ2n) is 7.58. The lowest BCUT2D eigenvalue weighted by molar-refractivity contribution is -0.178. The van der Waals surface area contributed by atoms with Gasteiger partial charge in [-0.2, -0.15) is 0 Å². The quantitative estimate of drug-likeness (QED) is 0.676. The van der Waals surface area contributed by atoms with Crippen LogP contribution in [0, 0.1) is 23.6 Å². The number of carbonyl (C=O) groups is 1. The topological polar surface area (TPSA) is 67.8 Å². The number of benzene rings is 1. The third kappa shape index (κ3) is 5.11. The molecule has 0 bridgehead atoms. The zero-order valence-corrected chi connectivity index (χ0v) is 16.4. The van der Waals surface area contributed by atoms with E-state index in [1.54, 1.807) is 12.1 Å². The van der Waals surface area contributed by atoms with Gasteiger partial charge in [-0.25, -0.2) is 4.39 Å². The lowest BCUT2D eigenvalue weighted by atomic mass is 9.68. The van der Waals surface area contributed by atoms with Crippen molar-refractivity contribution in [1.29, 1.82) is 0 Å². The Kier molecular flexibility index (Phi) is 7.45. The average molecular weight is 391 g/mol. The van der Waals surface area contributed by atoms with Gasteiger partial charge in [0.15, 0.2) is 5.76 Å². The van der Waals surface area contributed by atoms with Crippen LogP contribution < -0.4 is 5.32 Å². The number of aliphatic hydroxyl groups excluding tert-OH is 1. The van der Waals surface area contributed by atoms with E-state index in [2.05, 4.69) is 5.32 Å². The van der Waals surface area contributed by atoms with Crippen LogP contribution >= 0.6 is 0 Å². The van der Waals surface area contributed by atoms with E-state index in [0.717, 1.165) is 24.8 Å². The largest absolute Gasteiger partial charge is 0.459 e. The minimum Gasteiger partial charge on any atom is -0.459 e. The monoisotopic (exact) mass is 391 g/mol. The first-order chi connectivity index (χ1) is 13.6. The maximum Gasteiger partial charge on any atom is 0.286 e. The highest BCUT2D eigenvalue weighted by Gasteiger charge is 2.42. The zero-order valence-electron chi connectivity index (χ0n) is 16.4. The zero-order chi connectivity index (χ0) is 19.9. The Balaban J connectivity index is 1.71. The van der Waals surface area contributed by atoms with Crippen LogP contribution in [-0.2, 0) is 20.8 Å². The Morgan fingerprint density at radius 2 is 2.07 bits per heavy atom. The minimum absolute atomic E-state index is 0.140. The number of hydrogen-bond acceptors (Lipinski definition) is 4. The highest BCUT2D eigenvalue weighted by Crippen LogP contribution is 2.44. The van der Waals surface area contributed by atoms with Gasteiger partial charge in [-0.1, -0.05) is 18.6 Å². The van der Waals surface area contributed by atoms with Crippen LogP contribution in [0.4, 0.5) is 4.39 Å². The van der Waals surface area contributed by atoms with Crippen LogP contribution in [-0.4, -0.2) is 30.5 Å². The number of nitrogens with one attached hydrogen (secondary N) is 1. The molecule has 1 aliphatic heterocycles. The van der Waals surface area contributed by atoms with Crippen molar-refractivity contribution in [3.63, 3.8) is 0 Å². The van der Waals surface area contributed by atoms with Crippen molar-refractivity contribution in [3.8, 4) is 0 Å². The molecule has 0 radical (unpaired) electrons. The molecule has 0 unspecified atom stereocenters. The van der Waals surface area contributed by atoms with Gasteiger partial charge in [-0.3, -0.25) is 4.79 Å². The van der Waals surface area contributed by atoms with Crippen molar-refractivity contribution in [1.82, 2.24) is 5.32 Å². The molecule has 1 fully saturated rings. The smallest absolute Gasteiger partial charge is 0.286 e. The molecular weight excluding hydrogens is 361 g/mol. The molecule has 0 spiro atoms. The van der Waals surface area contributed by atoms with Gasteiger partial charge in [0.05, 0.1) is 0 Å². The Bertz CT molecular complexity index is 672. The van der Waals surface area contributed by atoms with Crippen LogP contribution in [0.1, 0.15) is 44.6 Å². The third-order valence-corrected chi connectivity index (χ3v) is 5.74. The Labute approximate surface area is 165 Å². The van der Waals surface area contributed by atoms with Crippen molar-refractivity contribution in [2.24, 2.45) is 17.8 Å². The van der Waals surface area contributed by atoms with E-state index in [9.17, 15) is 14.3 Å². The molecule has 1 saturated carbocycles. The Morgan fingerprint density at radius 1 is 1.32 bits per heavy atom. The number of rotatable bonds is 9. The summed E-state index contributed by atoms with van der Waals surface area (Å²) in [6.07, 6.45) is 6.51. The van der Waals surface area contributed by atoms with E-state index < -0.39 is 6.29 Å². The number of allylic oxidation sites excluding steroid dienone is 1. The molecule has 0 aromatic heterocycles. The number of ether oxygens (including phenoxy) is 2. The molecule has 5 nitrogen and oxygen atoms in total. The fraction of sp³-hybridized carbons (Fsp3) is 0.591. The summed E-state index contributed by atoms with van der Waals surface area (Å²) in [5, 5.41) is 12.1. The van der Waals surface area contributed by atoms with Crippen molar-refractivity contribution in [3.05, 3.63) is 47.5 Å². The van der Waals surface area contributed by atoms with E-state index in [1.165, 1.54) is 18.6 Å². The number of halogens is 1. The summed E-state index contributed by atoms with van der Waals surface area (Å²) in [5.41, 5.74) is 0.823. The molecule has 2 N–H and O–H groups in total. The highest BCUT2D eigenvalue weighted by molar-refractivity contribution is 5.91. The predicted molar refractivity (Wildman–Crippen MR) is 103 cm³/mol. The molecule has 3 atom stereocenters. The van der Waals surface area contributed by atoms with Gasteiger partial charge >= 0.3 is 0 Å². The molecule has 2 aliphatic rings. The van der Waals surface area contributed by atoms with Gasteiger partial charge in [0, 0.05) is 25.7 Å². The van der Waals surface area contributed by atoms with Crippen LogP contribution in [0.25, 0.3) is 0 Å². The van der Waals surface area contributed by atoms with E-state index in [-0.39, 0.29) is 30.2 Å². The standard InChI is InChI=1S/C22H30FNO4/c1-2-27-22-18(7-4-12-25)19(16-5-3-6-16)13-20(28-22)21(26)24-14-15-8-10-17(23)11-9-15/h8-11,13,16,18-19,22,25H,2-7,12,14H2,1H3,(H,24,26)/t18-,19-,22-/m1/s1. The molecular formula is C22H30FNO4. The van der Waals surface area contributed by atoms with Crippen LogP contribution in [0.5, 0.6) is 0 Å². The first kappa shape index (κ1) is 20.8. The molecule has 1 aliphatic carbocycles. The van der Waals surface area contributed by atoms with Gasteiger partial charge in [0.2, 0.25) is 6.29 Å². The van der Waals surface area contributed by atoms with Gasteiger partial charge in [-0.15, -0.1) is 0 Å². The maximum atomic E-state index is 13.0. The minimum atomic E-state index is -0.473. The molecule has 0 saturated heterocycles. The SMILES string of the molecule is CCO[C@@H]1OC(C(=O)NCc2ccc(F)cc2)=C[C@H](C2CCC2)[C@H]1CCCO. The van der Waals surface area contributed by atoms with Gasteiger partial charge in [0.25, 0.3) is 5.91 Å². The fourth-order valence-electron chi connectivity index (χ4n) is 4.02. The molecule has 1 heterocycles. The molecule has 154 valence electrons. The molecule has 1 amide bonds. The van der Waals surface area contributed by atoms with Crippen molar-refractivity contribution in [2.75, 3.05) is 13.2 Å². The summed E-state index contributed by atoms with van der Waals surface area (Å²) in [5.74, 6) is 0.626. The van der Waals surface area contributed by atoms with Crippen LogP contribution in [0.3, 0.4) is 0 Å². The molecule has 6 heteroatoms. The van der Waals surface area contributed by atoms with Gasteiger partial charge in [0.1, 0.15) is 5.82 Å². The second-order valence-corrected chi connectivity index (χ2v) is 7.58. The summed E-state index contributed by atoms with van der Waals surface area (Å²) in [7, 11) is 0. The predicted octanol–water partition coefficient (Wildman–Crippen LogP) is 3.52. The maximum absolute atomic E-state index is 13.0. The lowest BCUT2D eigenvalue weighted by Gasteiger charge is -2.43.